The van der Waals surface area contributed by atoms with Gasteiger partial charge in [0.1, 0.15) is 22.8 Å². The molecule has 1 N–H and O–H groups in total. The van der Waals surface area contributed by atoms with Crippen molar-refractivity contribution in [1.29, 1.82) is 0 Å². The van der Waals surface area contributed by atoms with E-state index >= 15 is 0 Å². The van der Waals surface area contributed by atoms with E-state index in [4.69, 9.17) is 18.9 Å². The number of methoxy groups -OCH3 is 4. The molecule has 0 saturated carbocycles. The van der Waals surface area contributed by atoms with Crippen LogP contribution in [0.5, 0.6) is 28.7 Å². The predicted octanol–water partition coefficient (Wildman–Crippen LogP) is 3.71. The van der Waals surface area contributed by atoms with Gasteiger partial charge in [0, 0.05) is 12.1 Å². The highest BCUT2D eigenvalue weighted by Gasteiger charge is 2.20. The number of phenolic OH excluding ortho intramolecular Hbond substituents is 1. The van der Waals surface area contributed by atoms with Crippen molar-refractivity contribution in [3.63, 3.8) is 0 Å². The third-order valence-corrected chi connectivity index (χ3v) is 3.89. The molecule has 0 bridgehead atoms. The first-order chi connectivity index (χ1) is 12.4. The molecule has 0 saturated heterocycles. The normalized spacial score (nSPS) is 11.0. The Labute approximate surface area is 152 Å². The summed E-state index contributed by atoms with van der Waals surface area (Å²) in [5, 5.41) is 10.2. The average Bonchev–Trinajstić information content (AvgIpc) is 2.66. The van der Waals surface area contributed by atoms with E-state index in [0.29, 0.717) is 22.8 Å². The molecule has 138 valence electrons. The molecule has 0 fully saturated rings. The first kappa shape index (κ1) is 19.2. The van der Waals surface area contributed by atoms with Gasteiger partial charge in [-0.1, -0.05) is 6.07 Å². The third-order valence-electron chi connectivity index (χ3n) is 3.89. The van der Waals surface area contributed by atoms with Crippen LogP contribution in [0.15, 0.2) is 35.9 Å². The molecule has 6 nitrogen and oxygen atoms in total. The Morgan fingerprint density at radius 1 is 0.885 bits per heavy atom. The van der Waals surface area contributed by atoms with Crippen molar-refractivity contribution in [2.75, 3.05) is 28.4 Å². The zero-order valence-corrected chi connectivity index (χ0v) is 15.5. The second kappa shape index (κ2) is 8.29. The van der Waals surface area contributed by atoms with Gasteiger partial charge in [-0.25, -0.2) is 0 Å². The Morgan fingerprint density at radius 3 is 2.12 bits per heavy atom. The van der Waals surface area contributed by atoms with E-state index in [9.17, 15) is 9.90 Å². The number of Topliss-reactive ketones (excluding diaryl/α,β-unsaturated/α-hetero) is 1. The van der Waals surface area contributed by atoms with Crippen LogP contribution in [0, 0.1) is 0 Å². The number of phenols is 1. The lowest BCUT2D eigenvalue weighted by Gasteiger charge is -2.12. The smallest absolute Gasteiger partial charge is 0.196 e. The van der Waals surface area contributed by atoms with Gasteiger partial charge in [-0.3, -0.25) is 4.79 Å². The molecule has 0 unspecified atom stereocenters. The van der Waals surface area contributed by atoms with E-state index in [1.54, 1.807) is 45.4 Å². The number of carbonyl (C=O) groups excluding carboxylic acids is 1. The van der Waals surface area contributed by atoms with Crippen LogP contribution >= 0.6 is 0 Å². The first-order valence-corrected chi connectivity index (χ1v) is 7.85. The van der Waals surface area contributed by atoms with Crippen molar-refractivity contribution < 1.29 is 28.8 Å². The Morgan fingerprint density at radius 2 is 1.54 bits per heavy atom. The van der Waals surface area contributed by atoms with Crippen LogP contribution < -0.4 is 18.9 Å². The summed E-state index contributed by atoms with van der Waals surface area (Å²) < 4.78 is 20.8. The fourth-order valence-corrected chi connectivity index (χ4v) is 2.54. The van der Waals surface area contributed by atoms with Crippen LogP contribution in [0.1, 0.15) is 22.8 Å². The predicted molar refractivity (Wildman–Crippen MR) is 98.7 cm³/mol. The first-order valence-electron chi connectivity index (χ1n) is 7.85. The number of rotatable bonds is 7. The van der Waals surface area contributed by atoms with Crippen molar-refractivity contribution in [3.05, 3.63) is 47.0 Å². The molecule has 26 heavy (non-hydrogen) atoms. The van der Waals surface area contributed by atoms with E-state index in [0.717, 1.165) is 5.56 Å². The quantitative estimate of drug-likeness (QED) is 0.601. The lowest BCUT2D eigenvalue weighted by Crippen LogP contribution is -2.05. The maximum absolute atomic E-state index is 12.8. The number of ketones is 1. The largest absolute Gasteiger partial charge is 0.507 e. The Hall–Kier alpha value is -3.15. The van der Waals surface area contributed by atoms with Crippen molar-refractivity contribution in [3.8, 4) is 28.7 Å². The van der Waals surface area contributed by atoms with E-state index in [-0.39, 0.29) is 22.8 Å². The van der Waals surface area contributed by atoms with Crippen LogP contribution in [0.4, 0.5) is 0 Å². The number of hydrogen-bond donors (Lipinski definition) is 1. The fourth-order valence-electron chi connectivity index (χ4n) is 2.54. The second-order valence-electron chi connectivity index (χ2n) is 5.49. The molecule has 0 aliphatic heterocycles. The molecule has 0 radical (unpaired) electrons. The lowest BCUT2D eigenvalue weighted by atomic mass is 10.00. The molecule has 0 aromatic heterocycles. The van der Waals surface area contributed by atoms with E-state index in [1.165, 1.54) is 20.3 Å². The van der Waals surface area contributed by atoms with Crippen LogP contribution in [-0.4, -0.2) is 39.3 Å². The van der Waals surface area contributed by atoms with Crippen LogP contribution in [0.2, 0.25) is 0 Å². The molecule has 2 aromatic rings. The average molecular weight is 358 g/mol. The second-order valence-corrected chi connectivity index (χ2v) is 5.49. The molecule has 0 aliphatic carbocycles. The van der Waals surface area contributed by atoms with Gasteiger partial charge in [-0.15, -0.1) is 0 Å². The number of allylic oxidation sites excluding steroid dienone is 1. The minimum atomic E-state index is -0.350. The number of hydrogen-bond acceptors (Lipinski definition) is 6. The number of benzene rings is 2. The Balaban J connectivity index is 2.42. The monoisotopic (exact) mass is 358 g/mol. The highest BCUT2D eigenvalue weighted by Crippen LogP contribution is 2.35. The van der Waals surface area contributed by atoms with Crippen molar-refractivity contribution >= 4 is 11.9 Å². The standard InChI is InChI=1S/C20H22O6/c1-12(8-13-6-7-16(24-3)17(9-13)25-4)20(22)19-15(21)10-14(23-2)11-18(19)26-5/h6-11,21H,1-5H3/b12-8+. The van der Waals surface area contributed by atoms with Gasteiger partial charge in [0.05, 0.1) is 28.4 Å². The van der Waals surface area contributed by atoms with E-state index < -0.39 is 0 Å². The lowest BCUT2D eigenvalue weighted by molar-refractivity contribution is 0.103. The zero-order chi connectivity index (χ0) is 19.3. The van der Waals surface area contributed by atoms with Crippen molar-refractivity contribution in [2.24, 2.45) is 0 Å². The summed E-state index contributed by atoms with van der Waals surface area (Å²) in [6, 6.07) is 8.26. The van der Waals surface area contributed by atoms with Gasteiger partial charge in [-0.05, 0) is 36.3 Å². The number of carbonyl (C=O) groups is 1. The third kappa shape index (κ3) is 3.91. The number of aromatic hydroxyl groups is 1. The summed E-state index contributed by atoms with van der Waals surface area (Å²) in [5.41, 5.74) is 1.28. The van der Waals surface area contributed by atoms with Gasteiger partial charge in [0.2, 0.25) is 0 Å². The highest BCUT2D eigenvalue weighted by atomic mass is 16.5. The molecule has 0 heterocycles. The molecule has 2 aromatic carbocycles. The zero-order valence-electron chi connectivity index (χ0n) is 15.5. The molecule has 0 aliphatic rings. The molecule has 6 heteroatoms. The summed E-state index contributed by atoms with van der Waals surface area (Å²) in [5.74, 6) is 1.25. The van der Waals surface area contributed by atoms with Crippen LogP contribution in [0.3, 0.4) is 0 Å². The SMILES string of the molecule is COc1cc(O)c(C(=O)/C(C)=C/c2ccc(OC)c(OC)c2)c(OC)c1. The van der Waals surface area contributed by atoms with Gasteiger partial charge in [-0.2, -0.15) is 0 Å². The molecule has 0 amide bonds. The van der Waals surface area contributed by atoms with Gasteiger partial charge < -0.3 is 24.1 Å². The van der Waals surface area contributed by atoms with E-state index in [1.807, 2.05) is 6.07 Å². The van der Waals surface area contributed by atoms with Crippen LogP contribution in [0.25, 0.3) is 6.08 Å². The topological polar surface area (TPSA) is 74.2 Å². The van der Waals surface area contributed by atoms with Crippen LogP contribution in [-0.2, 0) is 0 Å². The number of ether oxygens (including phenoxy) is 4. The maximum atomic E-state index is 12.8. The van der Waals surface area contributed by atoms with Gasteiger partial charge in [0.25, 0.3) is 0 Å². The minimum absolute atomic E-state index is 0.0857. The summed E-state index contributed by atoms with van der Waals surface area (Å²) in [4.78, 5) is 12.8. The summed E-state index contributed by atoms with van der Waals surface area (Å²) in [6.07, 6.45) is 1.70. The maximum Gasteiger partial charge on any atom is 0.196 e. The molecular weight excluding hydrogens is 336 g/mol. The van der Waals surface area contributed by atoms with Crippen molar-refractivity contribution in [1.82, 2.24) is 0 Å². The molecule has 0 atom stereocenters. The summed E-state index contributed by atoms with van der Waals surface area (Å²) >= 11 is 0. The van der Waals surface area contributed by atoms with E-state index in [2.05, 4.69) is 0 Å². The molecule has 2 rings (SSSR count). The fraction of sp³-hybridized carbons (Fsp3) is 0.250. The summed E-state index contributed by atoms with van der Waals surface area (Å²) in [6.45, 7) is 1.67. The summed E-state index contributed by atoms with van der Waals surface area (Å²) in [7, 11) is 6.00. The Bertz CT molecular complexity index is 838. The molecular formula is C20H22O6. The van der Waals surface area contributed by atoms with Crippen molar-refractivity contribution in [2.45, 2.75) is 6.92 Å². The highest BCUT2D eigenvalue weighted by molar-refractivity contribution is 6.14. The van der Waals surface area contributed by atoms with Gasteiger partial charge >= 0.3 is 0 Å². The van der Waals surface area contributed by atoms with Gasteiger partial charge in [0.15, 0.2) is 17.3 Å². The minimum Gasteiger partial charge on any atom is -0.507 e. The molecule has 0 spiro atoms. The Kier molecular flexibility index (Phi) is 6.11.